The second kappa shape index (κ2) is 8.72. The van der Waals surface area contributed by atoms with Gasteiger partial charge in [-0.05, 0) is 73.1 Å². The quantitative estimate of drug-likeness (QED) is 0.220. The molecule has 1 aromatic heterocycles. The number of furan rings is 1. The minimum atomic E-state index is -0.241. The van der Waals surface area contributed by atoms with Crippen LogP contribution in [-0.2, 0) is 0 Å². The van der Waals surface area contributed by atoms with E-state index in [-0.39, 0.29) is 24.2 Å². The zero-order chi connectivity index (χ0) is 29.2. The van der Waals surface area contributed by atoms with E-state index in [4.69, 9.17) is 8.53 Å². The summed E-state index contributed by atoms with van der Waals surface area (Å²) in [6.45, 7) is 0. The average molecular weight is 501 g/mol. The number of benzene rings is 7. The largest absolute Gasteiger partial charge is 0.456 e. The van der Waals surface area contributed by atoms with E-state index < -0.39 is 0 Å². The van der Waals surface area contributed by atoms with E-state index in [1.54, 1.807) is 0 Å². The van der Waals surface area contributed by atoms with Crippen LogP contribution in [0.3, 0.4) is 0 Å². The molecular weight excluding hydrogens is 472 g/mol. The number of hydrogen-bond donors (Lipinski definition) is 0. The smallest absolute Gasteiger partial charge is 0.135 e. The number of para-hydroxylation sites is 1. The molecule has 0 N–H and O–H groups in total. The van der Waals surface area contributed by atoms with Gasteiger partial charge in [-0.2, -0.15) is 0 Å². The highest BCUT2D eigenvalue weighted by molar-refractivity contribution is 6.23. The summed E-state index contributed by atoms with van der Waals surface area (Å²) in [5.74, 6) is 0. The molecule has 0 aliphatic rings. The van der Waals surface area contributed by atoms with Gasteiger partial charge in [-0.15, -0.1) is 0 Å². The Hall–Kier alpha value is -5.14. The summed E-state index contributed by atoms with van der Waals surface area (Å²) in [6.07, 6.45) is 0. The lowest BCUT2D eigenvalue weighted by molar-refractivity contribution is 0.669. The van der Waals surface area contributed by atoms with Gasteiger partial charge in [-0.1, -0.05) is 127 Å². The monoisotopic (exact) mass is 500 g/mol. The third-order valence-corrected chi connectivity index (χ3v) is 7.60. The highest BCUT2D eigenvalue weighted by atomic mass is 16.3. The van der Waals surface area contributed by atoms with Gasteiger partial charge in [-0.25, -0.2) is 0 Å². The number of hydrogen-bond acceptors (Lipinski definition) is 1. The minimum Gasteiger partial charge on any atom is -0.456 e. The van der Waals surface area contributed by atoms with Gasteiger partial charge in [0.05, 0.1) is 5.48 Å². The van der Waals surface area contributed by atoms with Crippen molar-refractivity contribution in [1.82, 2.24) is 0 Å². The Morgan fingerprint density at radius 3 is 1.64 bits per heavy atom. The lowest BCUT2D eigenvalue weighted by Gasteiger charge is -2.19. The van der Waals surface area contributed by atoms with Gasteiger partial charge in [0.1, 0.15) is 11.2 Å². The molecule has 8 aromatic rings. The maximum atomic E-state index is 9.18. The van der Waals surface area contributed by atoms with Gasteiger partial charge >= 0.3 is 0 Å². The van der Waals surface area contributed by atoms with Crippen molar-refractivity contribution >= 4 is 43.5 Å². The first-order valence-electron chi connectivity index (χ1n) is 15.0. The summed E-state index contributed by atoms with van der Waals surface area (Å²) in [7, 11) is 0. The summed E-state index contributed by atoms with van der Waals surface area (Å²) in [6, 6.07) is 39.7. The van der Waals surface area contributed by atoms with Gasteiger partial charge < -0.3 is 4.42 Å². The van der Waals surface area contributed by atoms with Gasteiger partial charge in [-0.3, -0.25) is 0 Å². The topological polar surface area (TPSA) is 13.1 Å². The predicted molar refractivity (Wildman–Crippen MR) is 165 cm³/mol. The Labute approximate surface area is 232 Å². The van der Waals surface area contributed by atoms with Crippen LogP contribution in [0.4, 0.5) is 0 Å². The molecule has 1 heterocycles. The second-order valence-electron chi connectivity index (χ2n) is 9.77. The van der Waals surface area contributed by atoms with Gasteiger partial charge in [0.2, 0.25) is 0 Å². The lowest BCUT2D eigenvalue weighted by Crippen LogP contribution is -1.92. The van der Waals surface area contributed by atoms with Crippen LogP contribution in [0.1, 0.15) is 5.48 Å². The van der Waals surface area contributed by atoms with Crippen molar-refractivity contribution in [3.63, 3.8) is 0 Å². The maximum absolute atomic E-state index is 9.18. The lowest BCUT2D eigenvalue weighted by atomic mass is 9.83. The fourth-order valence-electron chi connectivity index (χ4n) is 5.91. The molecule has 0 aliphatic heterocycles. The summed E-state index contributed by atoms with van der Waals surface area (Å²) in [5.41, 5.74) is 6.37. The van der Waals surface area contributed by atoms with Gasteiger partial charge in [0.15, 0.2) is 0 Å². The summed E-state index contributed by atoms with van der Waals surface area (Å²) < 4.78 is 41.4. The first kappa shape index (κ1) is 18.2. The van der Waals surface area contributed by atoms with Crippen molar-refractivity contribution < 1.29 is 9.90 Å². The second-order valence-corrected chi connectivity index (χ2v) is 9.77. The van der Waals surface area contributed by atoms with Crippen LogP contribution in [0.5, 0.6) is 0 Å². The van der Waals surface area contributed by atoms with E-state index in [0.29, 0.717) is 11.1 Å². The first-order valence-corrected chi connectivity index (χ1v) is 13.0. The van der Waals surface area contributed by atoms with E-state index in [9.17, 15) is 1.37 Å². The third kappa shape index (κ3) is 3.41. The molecule has 0 bridgehead atoms. The Morgan fingerprint density at radius 2 is 0.949 bits per heavy atom. The highest BCUT2D eigenvalue weighted by Gasteiger charge is 2.19. The van der Waals surface area contributed by atoms with Crippen molar-refractivity contribution in [3.8, 4) is 33.4 Å². The molecule has 0 fully saturated rings. The molecule has 39 heavy (non-hydrogen) atoms. The molecular formula is C38H24O. The van der Waals surface area contributed by atoms with Crippen LogP contribution in [0.2, 0.25) is 0 Å². The Balaban J connectivity index is 1.53. The van der Waals surface area contributed by atoms with Crippen molar-refractivity contribution in [2.24, 2.45) is 0 Å². The fraction of sp³-hybridized carbons (Fsp3) is 0. The van der Waals surface area contributed by atoms with Crippen LogP contribution in [0.15, 0.2) is 150 Å². The molecule has 182 valence electrons. The standard InChI is InChI=1S/C38H24O/c1-2-12-25(13-3-1)27-14-4-5-16-29(27)38-32-19-8-6-17-30(32)37(31-18-7-9-20-33(31)38)26-22-23-36-34(24-26)28-15-10-11-21-35(28)39-36/h1-24H/i4D,5D,14D,16D. The molecule has 0 spiro atoms. The summed E-state index contributed by atoms with van der Waals surface area (Å²) in [4.78, 5) is 0. The van der Waals surface area contributed by atoms with E-state index in [2.05, 4.69) is 42.5 Å². The molecule has 0 saturated carbocycles. The Morgan fingerprint density at radius 1 is 0.410 bits per heavy atom. The van der Waals surface area contributed by atoms with Gasteiger partial charge in [0, 0.05) is 10.8 Å². The van der Waals surface area contributed by atoms with Crippen molar-refractivity contribution in [3.05, 3.63) is 145 Å². The van der Waals surface area contributed by atoms with Crippen LogP contribution >= 0.6 is 0 Å². The SMILES string of the molecule is [2H]c1c([2H])c([2H])c(-c2c3ccccc3c(-c3ccc4oc5ccccc5c4c3)c3ccccc23)c(-c2ccccc2)c1[2H]. The van der Waals surface area contributed by atoms with Crippen LogP contribution in [0, 0.1) is 0 Å². The van der Waals surface area contributed by atoms with E-state index in [0.717, 1.165) is 65.7 Å². The van der Waals surface area contributed by atoms with E-state index in [1.807, 2.05) is 78.9 Å². The fourth-order valence-corrected chi connectivity index (χ4v) is 5.91. The Bertz CT molecular complexity index is 2330. The minimum absolute atomic E-state index is 0.0447. The molecule has 0 saturated heterocycles. The predicted octanol–water partition coefficient (Wildman–Crippen LogP) is 10.9. The maximum Gasteiger partial charge on any atom is 0.135 e. The van der Waals surface area contributed by atoms with E-state index >= 15 is 0 Å². The van der Waals surface area contributed by atoms with Crippen LogP contribution in [-0.4, -0.2) is 0 Å². The van der Waals surface area contributed by atoms with E-state index in [1.165, 1.54) is 0 Å². The summed E-state index contributed by atoms with van der Waals surface area (Å²) >= 11 is 0. The van der Waals surface area contributed by atoms with Gasteiger partial charge in [0.25, 0.3) is 0 Å². The molecule has 0 amide bonds. The molecule has 0 aliphatic carbocycles. The first-order chi connectivity index (χ1) is 21.0. The number of fused-ring (bicyclic) bond motifs is 5. The molecule has 0 radical (unpaired) electrons. The molecule has 1 nitrogen and oxygen atoms in total. The highest BCUT2D eigenvalue weighted by Crippen LogP contribution is 2.46. The Kier molecular flexibility index (Phi) is 4.06. The van der Waals surface area contributed by atoms with Crippen molar-refractivity contribution in [2.45, 2.75) is 0 Å². The zero-order valence-electron chi connectivity index (χ0n) is 25.0. The molecule has 1 heteroatoms. The molecule has 0 atom stereocenters. The molecule has 8 rings (SSSR count). The average Bonchev–Trinajstić information content (AvgIpc) is 3.43. The third-order valence-electron chi connectivity index (χ3n) is 7.60. The normalized spacial score (nSPS) is 13.0. The summed E-state index contributed by atoms with van der Waals surface area (Å²) in [5, 5.41) is 5.99. The van der Waals surface area contributed by atoms with Crippen molar-refractivity contribution in [2.75, 3.05) is 0 Å². The van der Waals surface area contributed by atoms with Crippen LogP contribution < -0.4 is 0 Å². The molecule has 7 aromatic carbocycles. The molecule has 0 unspecified atom stereocenters. The van der Waals surface area contributed by atoms with Crippen molar-refractivity contribution in [1.29, 1.82) is 0 Å². The van der Waals surface area contributed by atoms with Crippen LogP contribution in [0.25, 0.3) is 76.9 Å². The number of rotatable bonds is 3. The zero-order valence-corrected chi connectivity index (χ0v) is 21.0.